The fourth-order valence-corrected chi connectivity index (χ4v) is 1.68. The number of pyridine rings is 1. The third kappa shape index (κ3) is 3.79. The highest BCUT2D eigenvalue weighted by atomic mass is 79.9. The SMILES string of the molecule is CC[C@@H](Nc1cc(C(F)F)c(Br)cn1)C(F)(F)F. The maximum atomic E-state index is 12.6. The Hall–Kier alpha value is -0.920. The van der Waals surface area contributed by atoms with Crippen LogP contribution in [-0.4, -0.2) is 17.2 Å². The molecule has 1 heterocycles. The molecule has 1 atom stereocenters. The van der Waals surface area contributed by atoms with Gasteiger partial charge in [0.1, 0.15) is 11.9 Å². The summed E-state index contributed by atoms with van der Waals surface area (Å²) in [4.78, 5) is 3.63. The summed E-state index contributed by atoms with van der Waals surface area (Å²) in [6.45, 7) is 1.35. The lowest BCUT2D eigenvalue weighted by atomic mass is 10.2. The largest absolute Gasteiger partial charge is 0.408 e. The van der Waals surface area contributed by atoms with Crippen molar-refractivity contribution in [3.63, 3.8) is 0 Å². The Balaban J connectivity index is 2.94. The summed E-state index contributed by atoms with van der Waals surface area (Å²) >= 11 is 2.86. The molecule has 0 amide bonds. The molecule has 0 aliphatic carbocycles. The minimum Gasteiger partial charge on any atom is -0.359 e. The van der Waals surface area contributed by atoms with E-state index in [1.165, 1.54) is 6.92 Å². The first-order valence-electron chi connectivity index (χ1n) is 5.02. The summed E-state index contributed by atoms with van der Waals surface area (Å²) in [7, 11) is 0. The van der Waals surface area contributed by atoms with E-state index in [0.29, 0.717) is 0 Å². The maximum absolute atomic E-state index is 12.6. The van der Waals surface area contributed by atoms with Gasteiger partial charge in [0.15, 0.2) is 0 Å². The highest BCUT2D eigenvalue weighted by Gasteiger charge is 2.38. The fraction of sp³-hybridized carbons (Fsp3) is 0.500. The Morgan fingerprint density at radius 1 is 1.39 bits per heavy atom. The second-order valence-electron chi connectivity index (χ2n) is 3.54. The Morgan fingerprint density at radius 3 is 2.44 bits per heavy atom. The smallest absolute Gasteiger partial charge is 0.359 e. The summed E-state index contributed by atoms with van der Waals surface area (Å²) in [5.41, 5.74) is -0.399. The number of nitrogens with zero attached hydrogens (tertiary/aromatic N) is 1. The van der Waals surface area contributed by atoms with Crippen molar-refractivity contribution in [3.05, 3.63) is 22.3 Å². The molecule has 2 nitrogen and oxygen atoms in total. The summed E-state index contributed by atoms with van der Waals surface area (Å²) in [5.74, 6) is -0.224. The second-order valence-corrected chi connectivity index (χ2v) is 4.39. The monoisotopic (exact) mass is 332 g/mol. The maximum Gasteiger partial charge on any atom is 0.408 e. The lowest BCUT2D eigenvalue weighted by Gasteiger charge is -2.21. The van der Waals surface area contributed by atoms with Crippen LogP contribution < -0.4 is 5.32 Å². The minimum atomic E-state index is -4.45. The van der Waals surface area contributed by atoms with Crippen molar-refractivity contribution in [2.75, 3.05) is 5.32 Å². The van der Waals surface area contributed by atoms with Crippen LogP contribution in [0.2, 0.25) is 0 Å². The zero-order valence-corrected chi connectivity index (χ0v) is 10.8. The highest BCUT2D eigenvalue weighted by Crippen LogP contribution is 2.30. The molecule has 0 fully saturated rings. The van der Waals surface area contributed by atoms with E-state index in [4.69, 9.17) is 0 Å². The summed E-state index contributed by atoms with van der Waals surface area (Å²) in [5, 5.41) is 2.10. The molecule has 1 rings (SSSR count). The highest BCUT2D eigenvalue weighted by molar-refractivity contribution is 9.10. The van der Waals surface area contributed by atoms with E-state index >= 15 is 0 Å². The molecular weight excluding hydrogens is 323 g/mol. The van der Waals surface area contributed by atoms with Gasteiger partial charge in [-0.3, -0.25) is 0 Å². The van der Waals surface area contributed by atoms with Crippen LogP contribution in [0.4, 0.5) is 27.8 Å². The van der Waals surface area contributed by atoms with Crippen LogP contribution in [0, 0.1) is 0 Å². The van der Waals surface area contributed by atoms with Gasteiger partial charge in [0, 0.05) is 16.2 Å². The van der Waals surface area contributed by atoms with Crippen molar-refractivity contribution in [2.45, 2.75) is 32.0 Å². The molecule has 0 aromatic carbocycles. The summed E-state index contributed by atoms with van der Waals surface area (Å²) in [6.07, 6.45) is -6.40. The molecule has 0 unspecified atom stereocenters. The van der Waals surface area contributed by atoms with Gasteiger partial charge in [-0.25, -0.2) is 13.8 Å². The van der Waals surface area contributed by atoms with E-state index in [1.54, 1.807) is 0 Å². The topological polar surface area (TPSA) is 24.9 Å². The molecule has 0 saturated carbocycles. The first-order chi connectivity index (χ1) is 8.25. The van der Waals surface area contributed by atoms with Gasteiger partial charge >= 0.3 is 6.18 Å². The zero-order valence-electron chi connectivity index (χ0n) is 9.23. The van der Waals surface area contributed by atoms with E-state index in [-0.39, 0.29) is 16.7 Å². The number of rotatable bonds is 4. The van der Waals surface area contributed by atoms with E-state index < -0.39 is 24.2 Å². The molecular formula is C10H10BrF5N2. The number of anilines is 1. The molecule has 102 valence electrons. The van der Waals surface area contributed by atoms with E-state index in [9.17, 15) is 22.0 Å². The van der Waals surface area contributed by atoms with Crippen LogP contribution in [0.3, 0.4) is 0 Å². The van der Waals surface area contributed by atoms with Crippen LogP contribution in [-0.2, 0) is 0 Å². The quantitative estimate of drug-likeness (QED) is 0.819. The van der Waals surface area contributed by atoms with E-state index in [0.717, 1.165) is 12.3 Å². The molecule has 1 N–H and O–H groups in total. The zero-order chi connectivity index (χ0) is 13.9. The van der Waals surface area contributed by atoms with Crippen LogP contribution in [0.1, 0.15) is 25.3 Å². The average molecular weight is 333 g/mol. The number of hydrogen-bond donors (Lipinski definition) is 1. The van der Waals surface area contributed by atoms with Crippen LogP contribution >= 0.6 is 15.9 Å². The molecule has 18 heavy (non-hydrogen) atoms. The predicted molar refractivity (Wildman–Crippen MR) is 60.7 cm³/mol. The third-order valence-electron chi connectivity index (χ3n) is 2.25. The van der Waals surface area contributed by atoms with Gasteiger partial charge in [-0.1, -0.05) is 6.92 Å². The van der Waals surface area contributed by atoms with Crippen molar-refractivity contribution in [3.8, 4) is 0 Å². The van der Waals surface area contributed by atoms with Crippen molar-refractivity contribution >= 4 is 21.7 Å². The van der Waals surface area contributed by atoms with Crippen molar-refractivity contribution < 1.29 is 22.0 Å². The van der Waals surface area contributed by atoms with Gasteiger partial charge in [-0.05, 0) is 28.4 Å². The molecule has 0 aliphatic rings. The van der Waals surface area contributed by atoms with Crippen LogP contribution in [0.15, 0.2) is 16.7 Å². The third-order valence-corrected chi connectivity index (χ3v) is 2.91. The Bertz CT molecular complexity index is 408. The van der Waals surface area contributed by atoms with Crippen LogP contribution in [0.5, 0.6) is 0 Å². The molecule has 0 bridgehead atoms. The number of halogens is 6. The normalized spacial score (nSPS) is 13.8. The average Bonchev–Trinajstić information content (AvgIpc) is 2.25. The Labute approximate surface area is 109 Å². The molecule has 0 radical (unpaired) electrons. The Morgan fingerprint density at radius 2 is 2.00 bits per heavy atom. The second kappa shape index (κ2) is 5.81. The Kier molecular flexibility index (Phi) is 4.89. The number of aromatic nitrogens is 1. The molecule has 0 spiro atoms. The summed E-state index contributed by atoms with van der Waals surface area (Å²) < 4.78 is 62.7. The van der Waals surface area contributed by atoms with Crippen molar-refractivity contribution in [1.29, 1.82) is 0 Å². The molecule has 0 aliphatic heterocycles. The lowest BCUT2D eigenvalue weighted by molar-refractivity contribution is -0.142. The van der Waals surface area contributed by atoms with E-state index in [1.807, 2.05) is 0 Å². The lowest BCUT2D eigenvalue weighted by Crippen LogP contribution is -2.35. The first-order valence-corrected chi connectivity index (χ1v) is 5.81. The van der Waals surface area contributed by atoms with Gasteiger partial charge in [0.2, 0.25) is 0 Å². The van der Waals surface area contributed by atoms with Crippen molar-refractivity contribution in [1.82, 2.24) is 4.98 Å². The number of hydrogen-bond acceptors (Lipinski definition) is 2. The first kappa shape index (κ1) is 15.1. The molecule has 1 aromatic rings. The molecule has 0 saturated heterocycles. The van der Waals surface area contributed by atoms with Gasteiger partial charge in [-0.15, -0.1) is 0 Å². The number of alkyl halides is 5. The van der Waals surface area contributed by atoms with Gasteiger partial charge in [0.25, 0.3) is 6.43 Å². The minimum absolute atomic E-state index is 0.0584. The molecule has 8 heteroatoms. The molecule has 1 aromatic heterocycles. The summed E-state index contributed by atoms with van der Waals surface area (Å²) in [6, 6.07) is -0.903. The van der Waals surface area contributed by atoms with Crippen molar-refractivity contribution in [2.24, 2.45) is 0 Å². The van der Waals surface area contributed by atoms with E-state index in [2.05, 4.69) is 26.2 Å². The van der Waals surface area contributed by atoms with Gasteiger partial charge < -0.3 is 5.32 Å². The standard InChI is InChI=1S/C10H10BrF5N2/c1-2-7(10(14,15)16)18-8-3-5(9(12)13)6(11)4-17-8/h3-4,7,9H,2H2,1H3,(H,17,18)/t7-/m1/s1. The predicted octanol–water partition coefficient (Wildman–Crippen LogP) is 4.53. The van der Waals surface area contributed by atoms with Gasteiger partial charge in [0.05, 0.1) is 0 Å². The number of nitrogens with one attached hydrogen (secondary N) is 1. The van der Waals surface area contributed by atoms with Crippen LogP contribution in [0.25, 0.3) is 0 Å². The fourth-order valence-electron chi connectivity index (χ4n) is 1.29. The van der Waals surface area contributed by atoms with Gasteiger partial charge in [-0.2, -0.15) is 13.2 Å².